The van der Waals surface area contributed by atoms with Crippen molar-refractivity contribution in [1.29, 1.82) is 0 Å². The van der Waals surface area contributed by atoms with Crippen LogP contribution in [0.15, 0.2) is 18.2 Å². The number of nitrogens with one attached hydrogen (secondary N) is 1. The molecule has 0 aliphatic heterocycles. The monoisotopic (exact) mass is 263 g/mol. The first-order chi connectivity index (χ1) is 8.98. The number of benzene rings is 1. The largest absolute Gasteiger partial charge is 0.396 e. The fourth-order valence-electron chi connectivity index (χ4n) is 2.03. The third kappa shape index (κ3) is 3.80. The lowest BCUT2D eigenvalue weighted by molar-refractivity contribution is 0.0851. The van der Waals surface area contributed by atoms with Crippen molar-refractivity contribution in [3.05, 3.63) is 34.9 Å². The van der Waals surface area contributed by atoms with Crippen LogP contribution < -0.4 is 5.32 Å². The van der Waals surface area contributed by atoms with Crippen LogP contribution in [0, 0.1) is 19.3 Å². The van der Waals surface area contributed by atoms with Crippen molar-refractivity contribution < 1.29 is 9.90 Å². The number of aryl methyl sites for hydroxylation is 2. The van der Waals surface area contributed by atoms with Gasteiger partial charge >= 0.3 is 0 Å². The van der Waals surface area contributed by atoms with E-state index in [2.05, 4.69) is 5.32 Å². The molecular formula is C16H25NO2. The van der Waals surface area contributed by atoms with E-state index in [0.29, 0.717) is 12.1 Å². The van der Waals surface area contributed by atoms with Crippen LogP contribution in [0.2, 0.25) is 0 Å². The molecule has 0 unspecified atom stereocenters. The Bertz CT molecular complexity index is 428. The Morgan fingerprint density at radius 2 is 1.84 bits per heavy atom. The standard InChI is InChI=1S/C16H25NO2/c1-5-16(6-2,11-18)10-17-15(19)14-8-7-12(3)13(4)9-14/h7-9,18H,5-6,10-11H2,1-4H3,(H,17,19). The number of amides is 1. The van der Waals surface area contributed by atoms with E-state index >= 15 is 0 Å². The Labute approximate surface area is 116 Å². The van der Waals surface area contributed by atoms with Crippen molar-refractivity contribution >= 4 is 5.91 Å². The van der Waals surface area contributed by atoms with Gasteiger partial charge in [0.05, 0.1) is 6.61 Å². The fraction of sp³-hybridized carbons (Fsp3) is 0.562. The van der Waals surface area contributed by atoms with Crippen molar-refractivity contribution in [3.8, 4) is 0 Å². The second kappa shape index (κ2) is 6.71. The second-order valence-corrected chi connectivity index (χ2v) is 5.35. The van der Waals surface area contributed by atoms with Crippen molar-refractivity contribution in [1.82, 2.24) is 5.32 Å². The minimum absolute atomic E-state index is 0.0668. The number of aliphatic hydroxyl groups excluding tert-OH is 1. The molecule has 1 amide bonds. The average molecular weight is 263 g/mol. The Kier molecular flexibility index (Phi) is 5.55. The van der Waals surface area contributed by atoms with Gasteiger partial charge in [-0.25, -0.2) is 0 Å². The average Bonchev–Trinajstić information content (AvgIpc) is 2.43. The van der Waals surface area contributed by atoms with Gasteiger partial charge in [0.2, 0.25) is 0 Å². The molecule has 0 spiro atoms. The smallest absolute Gasteiger partial charge is 0.251 e. The lowest BCUT2D eigenvalue weighted by Gasteiger charge is -2.29. The molecule has 0 fully saturated rings. The van der Waals surface area contributed by atoms with Crippen LogP contribution in [0.25, 0.3) is 0 Å². The Balaban J connectivity index is 2.72. The minimum Gasteiger partial charge on any atom is -0.396 e. The lowest BCUT2D eigenvalue weighted by Crippen LogP contribution is -2.39. The molecule has 0 radical (unpaired) electrons. The molecule has 3 nitrogen and oxygen atoms in total. The number of carbonyl (C=O) groups excluding carboxylic acids is 1. The molecule has 3 heteroatoms. The van der Waals surface area contributed by atoms with E-state index < -0.39 is 0 Å². The quantitative estimate of drug-likeness (QED) is 0.829. The van der Waals surface area contributed by atoms with E-state index in [1.54, 1.807) is 0 Å². The van der Waals surface area contributed by atoms with E-state index in [-0.39, 0.29) is 17.9 Å². The fourth-order valence-corrected chi connectivity index (χ4v) is 2.03. The SMILES string of the molecule is CCC(CC)(CO)CNC(=O)c1ccc(C)c(C)c1. The first kappa shape index (κ1) is 15.7. The number of hydrogen-bond donors (Lipinski definition) is 2. The van der Waals surface area contributed by atoms with Crippen LogP contribution in [-0.4, -0.2) is 24.2 Å². The molecule has 0 saturated carbocycles. The first-order valence-corrected chi connectivity index (χ1v) is 6.94. The van der Waals surface area contributed by atoms with E-state index in [1.165, 1.54) is 5.56 Å². The maximum Gasteiger partial charge on any atom is 0.251 e. The Hall–Kier alpha value is -1.35. The normalized spacial score (nSPS) is 11.4. The number of carbonyl (C=O) groups is 1. The lowest BCUT2D eigenvalue weighted by atomic mass is 9.83. The molecule has 0 heterocycles. The van der Waals surface area contributed by atoms with Gasteiger partial charge in [-0.1, -0.05) is 19.9 Å². The maximum atomic E-state index is 12.1. The summed E-state index contributed by atoms with van der Waals surface area (Å²) in [5, 5.41) is 12.4. The molecule has 0 saturated heterocycles. The zero-order valence-electron chi connectivity index (χ0n) is 12.4. The minimum atomic E-state index is -0.199. The van der Waals surface area contributed by atoms with Gasteiger partial charge in [-0.15, -0.1) is 0 Å². The van der Waals surface area contributed by atoms with Gasteiger partial charge in [0, 0.05) is 17.5 Å². The molecule has 0 aromatic heterocycles. The summed E-state index contributed by atoms with van der Waals surface area (Å²) < 4.78 is 0. The first-order valence-electron chi connectivity index (χ1n) is 6.94. The third-order valence-electron chi connectivity index (χ3n) is 4.23. The molecule has 0 aliphatic carbocycles. The van der Waals surface area contributed by atoms with Gasteiger partial charge in [-0.3, -0.25) is 4.79 Å². The number of hydrogen-bond acceptors (Lipinski definition) is 2. The van der Waals surface area contributed by atoms with Crippen molar-refractivity contribution in [2.24, 2.45) is 5.41 Å². The van der Waals surface area contributed by atoms with Crippen LogP contribution >= 0.6 is 0 Å². The van der Waals surface area contributed by atoms with Gasteiger partial charge in [0.1, 0.15) is 0 Å². The highest BCUT2D eigenvalue weighted by Gasteiger charge is 2.25. The summed E-state index contributed by atoms with van der Waals surface area (Å²) in [7, 11) is 0. The van der Waals surface area contributed by atoms with Crippen LogP contribution in [0.5, 0.6) is 0 Å². The molecule has 0 aliphatic rings. The summed E-state index contributed by atoms with van der Waals surface area (Å²) in [6.07, 6.45) is 1.71. The summed E-state index contributed by atoms with van der Waals surface area (Å²) in [6, 6.07) is 5.71. The van der Waals surface area contributed by atoms with E-state index in [9.17, 15) is 9.90 Å². The van der Waals surface area contributed by atoms with Gasteiger partial charge in [-0.2, -0.15) is 0 Å². The topological polar surface area (TPSA) is 49.3 Å². The van der Waals surface area contributed by atoms with Crippen LogP contribution in [0.1, 0.15) is 48.2 Å². The Morgan fingerprint density at radius 3 is 2.32 bits per heavy atom. The van der Waals surface area contributed by atoms with Crippen molar-refractivity contribution in [3.63, 3.8) is 0 Å². The summed E-state index contributed by atoms with van der Waals surface area (Å²) in [6.45, 7) is 8.74. The number of aliphatic hydroxyl groups is 1. The zero-order valence-corrected chi connectivity index (χ0v) is 12.4. The molecule has 106 valence electrons. The van der Waals surface area contributed by atoms with E-state index in [4.69, 9.17) is 0 Å². The summed E-state index contributed by atoms with van der Waals surface area (Å²) in [5.41, 5.74) is 2.78. The summed E-state index contributed by atoms with van der Waals surface area (Å²) in [4.78, 5) is 12.1. The molecule has 1 aromatic carbocycles. The molecule has 1 rings (SSSR count). The third-order valence-corrected chi connectivity index (χ3v) is 4.23. The van der Waals surface area contributed by atoms with Crippen LogP contribution in [-0.2, 0) is 0 Å². The predicted octanol–water partition coefficient (Wildman–Crippen LogP) is 2.83. The molecule has 19 heavy (non-hydrogen) atoms. The Morgan fingerprint density at radius 1 is 1.21 bits per heavy atom. The molecule has 1 aromatic rings. The maximum absolute atomic E-state index is 12.1. The van der Waals surface area contributed by atoms with Crippen LogP contribution in [0.3, 0.4) is 0 Å². The summed E-state index contributed by atoms with van der Waals surface area (Å²) in [5.74, 6) is -0.0668. The van der Waals surface area contributed by atoms with Gasteiger partial charge in [0.15, 0.2) is 0 Å². The molecular weight excluding hydrogens is 238 g/mol. The van der Waals surface area contributed by atoms with Gasteiger partial charge < -0.3 is 10.4 Å². The van der Waals surface area contributed by atoms with Crippen molar-refractivity contribution in [2.75, 3.05) is 13.2 Å². The molecule has 2 N–H and O–H groups in total. The highest BCUT2D eigenvalue weighted by Crippen LogP contribution is 2.24. The van der Waals surface area contributed by atoms with Gasteiger partial charge in [-0.05, 0) is 49.9 Å². The highest BCUT2D eigenvalue weighted by atomic mass is 16.3. The molecule has 0 atom stereocenters. The van der Waals surface area contributed by atoms with Gasteiger partial charge in [0.25, 0.3) is 5.91 Å². The highest BCUT2D eigenvalue weighted by molar-refractivity contribution is 5.94. The second-order valence-electron chi connectivity index (χ2n) is 5.35. The molecule has 0 bridgehead atoms. The van der Waals surface area contributed by atoms with Crippen molar-refractivity contribution in [2.45, 2.75) is 40.5 Å². The zero-order chi connectivity index (χ0) is 14.5. The predicted molar refractivity (Wildman–Crippen MR) is 78.4 cm³/mol. The number of rotatable bonds is 6. The van der Waals surface area contributed by atoms with E-state index in [0.717, 1.165) is 18.4 Å². The van der Waals surface area contributed by atoms with Crippen LogP contribution in [0.4, 0.5) is 0 Å². The van der Waals surface area contributed by atoms with E-state index in [1.807, 2.05) is 45.9 Å². The summed E-state index contributed by atoms with van der Waals surface area (Å²) >= 11 is 0.